The van der Waals surface area contributed by atoms with Crippen LogP contribution >= 0.6 is 24.0 Å². The predicted octanol–water partition coefficient (Wildman–Crippen LogP) is 1.89. The second-order valence-electron chi connectivity index (χ2n) is 3.68. The van der Waals surface area contributed by atoms with E-state index in [1.54, 1.807) is 13.8 Å². The van der Waals surface area contributed by atoms with Gasteiger partial charge in [0.15, 0.2) is 0 Å². The Kier molecular flexibility index (Phi) is 6.03. The molecule has 0 bridgehead atoms. The number of esters is 2. The average Bonchev–Trinajstić information content (AvgIpc) is 2.74. The van der Waals surface area contributed by atoms with E-state index < -0.39 is 11.9 Å². The van der Waals surface area contributed by atoms with Crippen molar-refractivity contribution >= 4 is 46.8 Å². The van der Waals surface area contributed by atoms with Gasteiger partial charge in [0.1, 0.15) is 9.88 Å². The van der Waals surface area contributed by atoms with Gasteiger partial charge < -0.3 is 14.8 Å². The van der Waals surface area contributed by atoms with Crippen LogP contribution in [0.25, 0.3) is 0 Å². The third-order valence-electron chi connectivity index (χ3n) is 2.39. The summed E-state index contributed by atoms with van der Waals surface area (Å²) in [5.41, 5.74) is 0.599. The largest absolute Gasteiger partial charge is 0.465 e. The van der Waals surface area contributed by atoms with Gasteiger partial charge in [0, 0.05) is 0 Å². The molecule has 8 heteroatoms. The van der Waals surface area contributed by atoms with Gasteiger partial charge in [0.2, 0.25) is 5.91 Å². The SMILES string of the molecule is CCOC(=O)c1c(NC(=O)CS)sc(C(=O)OC)c1C. The van der Waals surface area contributed by atoms with Crippen LogP contribution in [-0.2, 0) is 14.3 Å². The number of carbonyl (C=O) groups excluding carboxylic acids is 3. The molecule has 0 fully saturated rings. The van der Waals surface area contributed by atoms with Crippen LogP contribution in [0.2, 0.25) is 0 Å². The quantitative estimate of drug-likeness (QED) is 0.640. The fraction of sp³-hybridized carbons (Fsp3) is 0.417. The first-order chi connectivity index (χ1) is 9.46. The molecule has 6 nitrogen and oxygen atoms in total. The van der Waals surface area contributed by atoms with Crippen LogP contribution in [0.4, 0.5) is 5.00 Å². The van der Waals surface area contributed by atoms with Crippen LogP contribution in [0.3, 0.4) is 0 Å². The van der Waals surface area contributed by atoms with E-state index in [1.165, 1.54) is 7.11 Å². The molecular formula is C12H15NO5S2. The van der Waals surface area contributed by atoms with Crippen molar-refractivity contribution in [3.05, 3.63) is 16.0 Å². The summed E-state index contributed by atoms with van der Waals surface area (Å²) >= 11 is 4.82. The molecule has 1 rings (SSSR count). The molecule has 0 aliphatic heterocycles. The number of amides is 1. The average molecular weight is 317 g/mol. The summed E-state index contributed by atoms with van der Waals surface area (Å²) in [5, 5.41) is 2.80. The molecule has 1 aromatic heterocycles. The van der Waals surface area contributed by atoms with E-state index >= 15 is 0 Å². The highest BCUT2D eigenvalue weighted by molar-refractivity contribution is 7.81. The Hall–Kier alpha value is -1.54. The molecule has 0 saturated carbocycles. The van der Waals surface area contributed by atoms with E-state index in [4.69, 9.17) is 4.74 Å². The van der Waals surface area contributed by atoms with Gasteiger partial charge in [-0.25, -0.2) is 9.59 Å². The Bertz CT molecular complexity index is 538. The standard InChI is InChI=1S/C12H15NO5S2/c1-4-18-11(15)8-6(2)9(12(16)17-3)20-10(8)13-7(14)5-19/h19H,4-5H2,1-3H3,(H,13,14). The zero-order chi connectivity index (χ0) is 15.3. The van der Waals surface area contributed by atoms with Gasteiger partial charge in [0.05, 0.1) is 25.0 Å². The first-order valence-electron chi connectivity index (χ1n) is 5.75. The Labute approximate surface area is 125 Å². The van der Waals surface area contributed by atoms with E-state index in [1.807, 2.05) is 0 Å². The lowest BCUT2D eigenvalue weighted by atomic mass is 10.1. The normalized spacial score (nSPS) is 10.0. The topological polar surface area (TPSA) is 81.7 Å². The fourth-order valence-electron chi connectivity index (χ4n) is 1.50. The number of anilines is 1. The highest BCUT2D eigenvalue weighted by Crippen LogP contribution is 2.34. The number of hydrogen-bond acceptors (Lipinski definition) is 7. The maximum Gasteiger partial charge on any atom is 0.348 e. The van der Waals surface area contributed by atoms with Crippen molar-refractivity contribution in [1.29, 1.82) is 0 Å². The van der Waals surface area contributed by atoms with Gasteiger partial charge in [-0.2, -0.15) is 12.6 Å². The highest BCUT2D eigenvalue weighted by Gasteiger charge is 2.26. The van der Waals surface area contributed by atoms with E-state index in [0.717, 1.165) is 11.3 Å². The summed E-state index contributed by atoms with van der Waals surface area (Å²) < 4.78 is 9.58. The Morgan fingerprint density at radius 3 is 2.45 bits per heavy atom. The Morgan fingerprint density at radius 2 is 1.95 bits per heavy atom. The lowest BCUT2D eigenvalue weighted by Crippen LogP contribution is -2.15. The van der Waals surface area contributed by atoms with Crippen LogP contribution in [0.1, 0.15) is 32.5 Å². The van der Waals surface area contributed by atoms with E-state index in [9.17, 15) is 14.4 Å². The molecule has 0 unspecified atom stereocenters. The van der Waals surface area contributed by atoms with Crippen molar-refractivity contribution in [1.82, 2.24) is 0 Å². The monoisotopic (exact) mass is 317 g/mol. The van der Waals surface area contributed by atoms with Gasteiger partial charge in [-0.05, 0) is 19.4 Å². The zero-order valence-corrected chi connectivity index (χ0v) is 13.0. The van der Waals surface area contributed by atoms with Gasteiger partial charge in [0.25, 0.3) is 0 Å². The minimum Gasteiger partial charge on any atom is -0.465 e. The van der Waals surface area contributed by atoms with Crippen molar-refractivity contribution < 1.29 is 23.9 Å². The second-order valence-corrected chi connectivity index (χ2v) is 5.02. The first-order valence-corrected chi connectivity index (χ1v) is 7.20. The predicted molar refractivity (Wildman–Crippen MR) is 78.8 cm³/mol. The fourth-order valence-corrected chi connectivity index (χ4v) is 2.71. The molecule has 1 N–H and O–H groups in total. The molecule has 0 radical (unpaired) electrons. The smallest absolute Gasteiger partial charge is 0.348 e. The van der Waals surface area contributed by atoms with Crippen molar-refractivity contribution in [3.63, 3.8) is 0 Å². The van der Waals surface area contributed by atoms with Crippen LogP contribution in [-0.4, -0.2) is 37.3 Å². The van der Waals surface area contributed by atoms with Crippen LogP contribution < -0.4 is 5.32 Å². The molecule has 0 aliphatic rings. The maximum absolute atomic E-state index is 11.9. The molecule has 0 spiro atoms. The molecule has 110 valence electrons. The molecule has 0 atom stereocenters. The second kappa shape index (κ2) is 7.30. The Morgan fingerprint density at radius 1 is 1.30 bits per heavy atom. The summed E-state index contributed by atoms with van der Waals surface area (Å²) in [6, 6.07) is 0. The zero-order valence-electron chi connectivity index (χ0n) is 11.3. The van der Waals surface area contributed by atoms with Gasteiger partial charge >= 0.3 is 11.9 Å². The molecule has 0 aromatic carbocycles. The van der Waals surface area contributed by atoms with Crippen molar-refractivity contribution in [3.8, 4) is 0 Å². The van der Waals surface area contributed by atoms with Crippen molar-refractivity contribution in [2.75, 3.05) is 24.8 Å². The molecule has 20 heavy (non-hydrogen) atoms. The Balaban J connectivity index is 3.28. The summed E-state index contributed by atoms with van der Waals surface area (Å²) in [6.07, 6.45) is 0. The minimum atomic E-state index is -0.592. The third kappa shape index (κ3) is 3.51. The number of hydrogen-bond donors (Lipinski definition) is 2. The number of methoxy groups -OCH3 is 1. The van der Waals surface area contributed by atoms with Crippen LogP contribution in [0.15, 0.2) is 0 Å². The lowest BCUT2D eigenvalue weighted by molar-refractivity contribution is -0.113. The van der Waals surface area contributed by atoms with E-state index in [-0.39, 0.29) is 33.7 Å². The molecular weight excluding hydrogens is 302 g/mol. The van der Waals surface area contributed by atoms with Gasteiger partial charge in [-0.3, -0.25) is 4.79 Å². The van der Waals surface area contributed by atoms with Gasteiger partial charge in [-0.15, -0.1) is 11.3 Å². The number of ether oxygens (including phenoxy) is 2. The van der Waals surface area contributed by atoms with Gasteiger partial charge in [-0.1, -0.05) is 0 Å². The first kappa shape index (κ1) is 16.5. The number of carbonyl (C=O) groups is 3. The maximum atomic E-state index is 11.9. The number of thiophene rings is 1. The molecule has 1 aromatic rings. The van der Waals surface area contributed by atoms with Crippen molar-refractivity contribution in [2.45, 2.75) is 13.8 Å². The summed E-state index contributed by atoms with van der Waals surface area (Å²) in [5.74, 6) is -1.57. The number of thiol groups is 1. The van der Waals surface area contributed by atoms with Crippen LogP contribution in [0.5, 0.6) is 0 Å². The van der Waals surface area contributed by atoms with Crippen LogP contribution in [0, 0.1) is 6.92 Å². The van der Waals surface area contributed by atoms with E-state index in [2.05, 4.69) is 22.7 Å². The third-order valence-corrected chi connectivity index (χ3v) is 3.87. The lowest BCUT2D eigenvalue weighted by Gasteiger charge is -2.05. The molecule has 0 aliphatic carbocycles. The summed E-state index contributed by atoms with van der Waals surface area (Å²) in [4.78, 5) is 35.3. The van der Waals surface area contributed by atoms with Crippen molar-refractivity contribution in [2.24, 2.45) is 0 Å². The molecule has 1 amide bonds. The van der Waals surface area contributed by atoms with E-state index in [0.29, 0.717) is 5.56 Å². The summed E-state index contributed by atoms with van der Waals surface area (Å²) in [6.45, 7) is 3.47. The number of rotatable bonds is 5. The number of nitrogens with one attached hydrogen (secondary N) is 1. The summed E-state index contributed by atoms with van der Waals surface area (Å²) in [7, 11) is 1.25. The molecule has 0 saturated heterocycles. The highest BCUT2D eigenvalue weighted by atomic mass is 32.1. The minimum absolute atomic E-state index is 0.0349. The molecule has 1 heterocycles.